The highest BCUT2D eigenvalue weighted by Gasteiger charge is 2.39. The van der Waals surface area contributed by atoms with Crippen LogP contribution in [0.5, 0.6) is 5.75 Å². The van der Waals surface area contributed by atoms with Gasteiger partial charge in [-0.05, 0) is 49.1 Å². The first-order valence-electron chi connectivity index (χ1n) is 9.21. The van der Waals surface area contributed by atoms with Gasteiger partial charge in [0.05, 0.1) is 13.2 Å². The Labute approximate surface area is 154 Å². The molecule has 26 heavy (non-hydrogen) atoms. The van der Waals surface area contributed by atoms with Gasteiger partial charge in [-0.2, -0.15) is 0 Å². The first-order chi connectivity index (χ1) is 12.7. The van der Waals surface area contributed by atoms with E-state index >= 15 is 0 Å². The highest BCUT2D eigenvalue weighted by molar-refractivity contribution is 5.95. The lowest BCUT2D eigenvalue weighted by atomic mass is 9.76. The van der Waals surface area contributed by atoms with E-state index in [1.165, 1.54) is 11.1 Å². The van der Waals surface area contributed by atoms with Crippen LogP contribution in [0.15, 0.2) is 54.6 Å². The Bertz CT molecular complexity index is 859. The number of methoxy groups -OCH3 is 1. The lowest BCUT2D eigenvalue weighted by molar-refractivity contribution is 0.0955. The van der Waals surface area contributed by atoms with Crippen molar-refractivity contribution in [3.05, 3.63) is 71.3 Å². The van der Waals surface area contributed by atoms with Gasteiger partial charge in [0.2, 0.25) is 0 Å². The van der Waals surface area contributed by atoms with E-state index in [0.29, 0.717) is 18.4 Å². The second kappa shape index (κ2) is 6.87. The summed E-state index contributed by atoms with van der Waals surface area (Å²) < 4.78 is 5.60. The number of amides is 1. The SMILES string of the molecule is CCNC(=O)c1ccc2c(c1)C1C=CCC1C(c1ccccc1OC)N2. The molecule has 1 aliphatic heterocycles. The molecule has 0 saturated carbocycles. The van der Waals surface area contributed by atoms with Crippen LogP contribution in [-0.2, 0) is 0 Å². The van der Waals surface area contributed by atoms with Gasteiger partial charge in [-0.3, -0.25) is 4.79 Å². The monoisotopic (exact) mass is 348 g/mol. The molecule has 1 heterocycles. The molecule has 4 rings (SSSR count). The molecule has 2 N–H and O–H groups in total. The summed E-state index contributed by atoms with van der Waals surface area (Å²) in [6, 6.07) is 14.4. The Morgan fingerprint density at radius 3 is 2.88 bits per heavy atom. The van der Waals surface area contributed by atoms with Crippen LogP contribution in [0, 0.1) is 5.92 Å². The molecule has 3 unspecified atom stereocenters. The highest BCUT2D eigenvalue weighted by Crippen LogP contribution is 2.51. The summed E-state index contributed by atoms with van der Waals surface area (Å²) in [6.07, 6.45) is 5.56. The zero-order chi connectivity index (χ0) is 18.1. The first kappa shape index (κ1) is 16.7. The minimum atomic E-state index is -0.0133. The van der Waals surface area contributed by atoms with E-state index in [0.717, 1.165) is 23.4 Å². The average Bonchev–Trinajstić information content (AvgIpc) is 3.17. The molecule has 0 fully saturated rings. The summed E-state index contributed by atoms with van der Waals surface area (Å²) >= 11 is 0. The van der Waals surface area contributed by atoms with Crippen molar-refractivity contribution in [1.82, 2.24) is 5.32 Å². The van der Waals surface area contributed by atoms with E-state index in [2.05, 4.69) is 34.9 Å². The lowest BCUT2D eigenvalue weighted by Gasteiger charge is -2.38. The van der Waals surface area contributed by atoms with Gasteiger partial charge in [0.15, 0.2) is 0 Å². The molecule has 2 aromatic carbocycles. The fourth-order valence-electron chi connectivity index (χ4n) is 4.23. The second-order valence-corrected chi connectivity index (χ2v) is 6.88. The van der Waals surface area contributed by atoms with Gasteiger partial charge in [-0.15, -0.1) is 0 Å². The Morgan fingerprint density at radius 2 is 2.08 bits per heavy atom. The van der Waals surface area contributed by atoms with E-state index in [4.69, 9.17) is 4.74 Å². The Hall–Kier alpha value is -2.75. The van der Waals surface area contributed by atoms with Crippen LogP contribution in [0.25, 0.3) is 0 Å². The molecule has 1 amide bonds. The predicted molar refractivity (Wildman–Crippen MR) is 104 cm³/mol. The topological polar surface area (TPSA) is 50.4 Å². The number of carbonyl (C=O) groups excluding carboxylic acids is 1. The summed E-state index contributed by atoms with van der Waals surface area (Å²) in [5, 5.41) is 6.59. The van der Waals surface area contributed by atoms with Gasteiger partial charge in [0.25, 0.3) is 5.91 Å². The molecular weight excluding hydrogens is 324 g/mol. The molecule has 2 aromatic rings. The maximum Gasteiger partial charge on any atom is 0.251 e. The molecule has 0 saturated heterocycles. The van der Waals surface area contributed by atoms with Gasteiger partial charge in [0, 0.05) is 29.3 Å². The fraction of sp³-hybridized carbons (Fsp3) is 0.318. The third-order valence-corrected chi connectivity index (χ3v) is 5.44. The van der Waals surface area contributed by atoms with Gasteiger partial charge in [-0.1, -0.05) is 30.4 Å². The van der Waals surface area contributed by atoms with Crippen LogP contribution >= 0.6 is 0 Å². The van der Waals surface area contributed by atoms with E-state index in [1.807, 2.05) is 37.3 Å². The fourth-order valence-corrected chi connectivity index (χ4v) is 4.23. The number of hydrogen-bond acceptors (Lipinski definition) is 3. The zero-order valence-electron chi connectivity index (χ0n) is 15.2. The summed E-state index contributed by atoms with van der Waals surface area (Å²) in [5.41, 5.74) is 4.22. The van der Waals surface area contributed by atoms with Gasteiger partial charge < -0.3 is 15.4 Å². The van der Waals surface area contributed by atoms with Crippen molar-refractivity contribution in [3.8, 4) is 5.75 Å². The Morgan fingerprint density at radius 1 is 1.23 bits per heavy atom. The molecule has 134 valence electrons. The standard InChI is InChI=1S/C22H24N2O2/c1-3-23-22(25)14-11-12-19-18(13-14)15-8-6-9-16(15)21(24-19)17-7-4-5-10-20(17)26-2/h4-8,10-13,15-16,21,24H,3,9H2,1-2H3,(H,23,25). The number of benzene rings is 2. The highest BCUT2D eigenvalue weighted by atomic mass is 16.5. The molecule has 1 aliphatic carbocycles. The number of rotatable bonds is 4. The number of ether oxygens (including phenoxy) is 1. The number of carbonyl (C=O) groups is 1. The number of nitrogens with one attached hydrogen (secondary N) is 2. The molecule has 2 aliphatic rings. The third kappa shape index (κ3) is 2.75. The quantitative estimate of drug-likeness (QED) is 0.811. The second-order valence-electron chi connectivity index (χ2n) is 6.88. The van der Waals surface area contributed by atoms with Crippen LogP contribution in [0.2, 0.25) is 0 Å². The van der Waals surface area contributed by atoms with E-state index in [1.54, 1.807) is 7.11 Å². The van der Waals surface area contributed by atoms with Crippen LogP contribution in [0.3, 0.4) is 0 Å². The number of anilines is 1. The van der Waals surface area contributed by atoms with E-state index < -0.39 is 0 Å². The van der Waals surface area contributed by atoms with Crippen molar-refractivity contribution in [3.63, 3.8) is 0 Å². The minimum absolute atomic E-state index is 0.0133. The molecular formula is C22H24N2O2. The number of para-hydroxylation sites is 1. The van der Waals surface area contributed by atoms with Crippen molar-refractivity contribution >= 4 is 11.6 Å². The first-order valence-corrected chi connectivity index (χ1v) is 9.21. The molecule has 3 atom stereocenters. The van der Waals surface area contributed by atoms with Crippen LogP contribution in [0.4, 0.5) is 5.69 Å². The average molecular weight is 348 g/mol. The van der Waals surface area contributed by atoms with E-state index in [-0.39, 0.29) is 11.9 Å². The third-order valence-electron chi connectivity index (χ3n) is 5.44. The van der Waals surface area contributed by atoms with Crippen molar-refractivity contribution in [2.75, 3.05) is 19.0 Å². The van der Waals surface area contributed by atoms with Gasteiger partial charge in [0.1, 0.15) is 5.75 Å². The number of fused-ring (bicyclic) bond motifs is 3. The number of allylic oxidation sites excluding steroid dienone is 2. The molecule has 0 bridgehead atoms. The van der Waals surface area contributed by atoms with Gasteiger partial charge >= 0.3 is 0 Å². The smallest absolute Gasteiger partial charge is 0.251 e. The molecule has 4 heteroatoms. The Balaban J connectivity index is 1.74. The summed E-state index contributed by atoms with van der Waals surface area (Å²) in [5.74, 6) is 1.64. The lowest BCUT2D eigenvalue weighted by Crippen LogP contribution is -2.30. The van der Waals surface area contributed by atoms with Crippen LogP contribution in [-0.4, -0.2) is 19.6 Å². The molecule has 0 aromatic heterocycles. The molecule has 0 spiro atoms. The van der Waals surface area contributed by atoms with Crippen molar-refractivity contribution < 1.29 is 9.53 Å². The van der Waals surface area contributed by atoms with Crippen molar-refractivity contribution in [2.24, 2.45) is 5.92 Å². The minimum Gasteiger partial charge on any atom is -0.496 e. The maximum atomic E-state index is 12.2. The normalized spacial score (nSPS) is 22.9. The van der Waals surface area contributed by atoms with Crippen molar-refractivity contribution in [2.45, 2.75) is 25.3 Å². The zero-order valence-corrected chi connectivity index (χ0v) is 15.2. The predicted octanol–water partition coefficient (Wildman–Crippen LogP) is 4.27. The van der Waals surface area contributed by atoms with E-state index in [9.17, 15) is 4.79 Å². The molecule has 0 radical (unpaired) electrons. The Kier molecular flexibility index (Phi) is 4.41. The van der Waals surface area contributed by atoms with Crippen molar-refractivity contribution in [1.29, 1.82) is 0 Å². The molecule has 4 nitrogen and oxygen atoms in total. The van der Waals surface area contributed by atoms with Gasteiger partial charge in [-0.25, -0.2) is 0 Å². The number of hydrogen-bond donors (Lipinski definition) is 2. The largest absolute Gasteiger partial charge is 0.496 e. The summed E-state index contributed by atoms with van der Waals surface area (Å²) in [6.45, 7) is 2.57. The summed E-state index contributed by atoms with van der Waals surface area (Å²) in [7, 11) is 1.72. The van der Waals surface area contributed by atoms with Crippen LogP contribution < -0.4 is 15.4 Å². The van der Waals surface area contributed by atoms with Crippen LogP contribution in [0.1, 0.15) is 46.8 Å². The maximum absolute atomic E-state index is 12.2. The summed E-state index contributed by atoms with van der Waals surface area (Å²) in [4.78, 5) is 12.2.